The predicted molar refractivity (Wildman–Crippen MR) is 377 cm³/mol. The Balaban J connectivity index is 1.15. The van der Waals surface area contributed by atoms with Crippen LogP contribution in [0.4, 0.5) is 17.1 Å². The van der Waals surface area contributed by atoms with Gasteiger partial charge in [0, 0.05) is 87.2 Å². The number of aliphatic carboxylic acids is 3. The monoisotopic (exact) mass is 1490 g/mol. The average Bonchev–Trinajstić information content (AvgIpc) is 1.61. The third-order valence-electron chi connectivity index (χ3n) is 16.9. The number of nitrogens with one attached hydrogen (secondary N) is 6. The van der Waals surface area contributed by atoms with Crippen molar-refractivity contribution in [3.05, 3.63) is 64.7 Å². The molecular weight excluding hydrogens is 1400 g/mol. The number of amides is 6. The van der Waals surface area contributed by atoms with E-state index in [0.29, 0.717) is 78.7 Å². The van der Waals surface area contributed by atoms with Gasteiger partial charge >= 0.3 is 17.9 Å². The van der Waals surface area contributed by atoms with Crippen molar-refractivity contribution in [1.82, 2.24) is 31.1 Å². The number of rotatable bonds is 42. The molecule has 2 fully saturated rings. The number of carboxylic acids is 3. The highest BCUT2D eigenvalue weighted by molar-refractivity contribution is 8.77. The van der Waals surface area contributed by atoms with Gasteiger partial charge in [0.25, 0.3) is 21.9 Å². The van der Waals surface area contributed by atoms with Gasteiger partial charge in [-0.1, -0.05) is 28.5 Å². The van der Waals surface area contributed by atoms with Crippen molar-refractivity contribution < 1.29 is 105 Å². The number of hydrogen-bond acceptors (Lipinski definition) is 24. The highest BCUT2D eigenvalue weighted by Gasteiger charge is 2.45. The molecule has 0 spiro atoms. The molecule has 7 atom stereocenters. The molecule has 6 amide bonds. The minimum atomic E-state index is -4.73. The summed E-state index contributed by atoms with van der Waals surface area (Å²) in [7, 11) is 2.02. The van der Waals surface area contributed by atoms with Gasteiger partial charge in [0.1, 0.15) is 37.4 Å². The first-order chi connectivity index (χ1) is 48.5. The quantitative estimate of drug-likeness (QED) is 0.0127. The second-order valence-electron chi connectivity index (χ2n) is 25.1. The highest BCUT2D eigenvalue weighted by atomic mass is 33.1. The summed E-state index contributed by atoms with van der Waals surface area (Å²) in [5, 5.41) is 43.9. The van der Waals surface area contributed by atoms with Crippen molar-refractivity contribution in [3.8, 4) is 23.0 Å². The second kappa shape index (κ2) is 38.0. The Kier molecular flexibility index (Phi) is 30.0. The molecule has 34 nitrogen and oxygen atoms in total. The van der Waals surface area contributed by atoms with Gasteiger partial charge in [0.15, 0.2) is 34.3 Å². The van der Waals surface area contributed by atoms with Crippen molar-refractivity contribution in [3.63, 3.8) is 0 Å². The first-order valence-corrected chi connectivity index (χ1v) is 36.9. The molecule has 0 saturated carbocycles. The number of ether oxygens (including phenoxy) is 7. The summed E-state index contributed by atoms with van der Waals surface area (Å²) in [6.07, 6.45) is 0.353. The van der Waals surface area contributed by atoms with Crippen LogP contribution in [-0.4, -0.2) is 243 Å². The van der Waals surface area contributed by atoms with Crippen molar-refractivity contribution in [2.75, 3.05) is 115 Å². The lowest BCUT2D eigenvalue weighted by Gasteiger charge is -2.34. The van der Waals surface area contributed by atoms with Crippen LogP contribution in [0.5, 0.6) is 23.0 Å². The molecule has 2 saturated heterocycles. The Hall–Kier alpha value is -8.75. The van der Waals surface area contributed by atoms with E-state index >= 15 is 0 Å². The van der Waals surface area contributed by atoms with Gasteiger partial charge in [-0.2, -0.15) is 8.42 Å². The molecule has 7 rings (SSSR count). The molecule has 0 bridgehead atoms. The zero-order valence-electron chi connectivity index (χ0n) is 57.7. The number of hydrogen-bond donors (Lipinski definition) is 12. The van der Waals surface area contributed by atoms with Gasteiger partial charge < -0.3 is 107 Å². The van der Waals surface area contributed by atoms with Gasteiger partial charge in [-0.3, -0.25) is 47.9 Å². The molecule has 14 N–H and O–H groups in total. The molecule has 4 heterocycles. The van der Waals surface area contributed by atoms with E-state index < -0.39 is 111 Å². The van der Waals surface area contributed by atoms with Crippen LogP contribution >= 0.6 is 21.6 Å². The molecule has 1 unspecified atom stereocenters. The van der Waals surface area contributed by atoms with E-state index in [0.717, 1.165) is 23.6 Å². The topological polar surface area (TPSA) is 480 Å². The maximum absolute atomic E-state index is 14.0. The van der Waals surface area contributed by atoms with E-state index in [-0.39, 0.29) is 125 Å². The molecular formula is C65H92N12O22S3. The fourth-order valence-corrected chi connectivity index (χ4v) is 15.6. The third kappa shape index (κ3) is 23.1. The van der Waals surface area contributed by atoms with Gasteiger partial charge in [0.05, 0.1) is 88.6 Å². The molecule has 3 aromatic rings. The number of nitrogens with two attached hydrogens (primary N) is 2. The fraction of sp³-hybridized carbons (Fsp3) is 0.569. The zero-order chi connectivity index (χ0) is 74.4. The standard InChI is InChI=1S/C65H92N12O22S3/c1-7-54(78)70-46(30-55(79)80)58(84)71-43(12-8-14-68-64(66)67)57(83)72-47(31-56(81)82)59(85)73-48(63(88)89)35-100-101-65(2,3)36-75(17-18-96-21-22-97-20-19-93-4)40-24-37(33-98-52-28-44-41(26-50(52)94-5)61(86)76-15-9-11-39(76)32-69-44)23-38(25-40)34-99-53-29-45-42(27-51(53)95-6)62(87)77-16-10-13-49(77)60(74-45)102(90,91)92/h23-29,39,43,46-49,60,69,74H,7-22,30-36H2,1-6H3,(H,70,78)(H,71,84)(H,72,83)(H,73,85)(H,79,80)(H,81,82)(H,88,89)(H4,66,67,68)(H,90,91,92)/t39-,43+,46+,47+,48+,49-,60?/m0/s1. The number of carbonyl (C=O) groups is 9. The van der Waals surface area contributed by atoms with Gasteiger partial charge in [-0.25, -0.2) is 4.79 Å². The number of benzene rings is 3. The number of anilines is 3. The maximum atomic E-state index is 14.0. The summed E-state index contributed by atoms with van der Waals surface area (Å²) >= 11 is 0. The lowest BCUT2D eigenvalue weighted by Crippen LogP contribution is -2.58. The van der Waals surface area contributed by atoms with Gasteiger partial charge in [-0.05, 0) is 93.8 Å². The molecule has 0 aromatic heterocycles. The minimum Gasteiger partial charge on any atom is -0.493 e. The molecule has 37 heteroatoms. The van der Waals surface area contributed by atoms with Gasteiger partial charge in [-0.15, -0.1) is 0 Å². The Bertz CT molecular complexity index is 3640. The van der Waals surface area contributed by atoms with Crippen molar-refractivity contribution in [2.24, 2.45) is 16.5 Å². The molecule has 4 aliphatic heterocycles. The van der Waals surface area contributed by atoms with Crippen LogP contribution in [0, 0.1) is 0 Å². The normalized spacial score (nSPS) is 17.4. The van der Waals surface area contributed by atoms with E-state index in [1.807, 2.05) is 41.8 Å². The van der Waals surface area contributed by atoms with Crippen LogP contribution in [0.3, 0.4) is 0 Å². The zero-order valence-corrected chi connectivity index (χ0v) is 60.1. The van der Waals surface area contributed by atoms with Crippen LogP contribution in [-0.2, 0) is 71.1 Å². The van der Waals surface area contributed by atoms with Crippen molar-refractivity contribution in [1.29, 1.82) is 0 Å². The van der Waals surface area contributed by atoms with E-state index in [1.165, 1.54) is 49.0 Å². The van der Waals surface area contributed by atoms with E-state index in [2.05, 4.69) is 36.9 Å². The lowest BCUT2D eigenvalue weighted by atomic mass is 10.1. The van der Waals surface area contributed by atoms with E-state index in [1.54, 1.807) is 19.2 Å². The number of fused-ring (bicyclic) bond motifs is 4. The first-order valence-electron chi connectivity index (χ1n) is 33.1. The number of nitrogens with zero attached hydrogens (tertiary/aromatic N) is 4. The van der Waals surface area contributed by atoms with E-state index in [9.17, 15) is 71.4 Å². The van der Waals surface area contributed by atoms with Gasteiger partial charge in [0.2, 0.25) is 23.6 Å². The largest absolute Gasteiger partial charge is 0.493 e. The summed E-state index contributed by atoms with van der Waals surface area (Å²) in [5.74, 6) is -8.91. The number of carboxylic acid groups (broad SMARTS) is 3. The second-order valence-corrected chi connectivity index (χ2v) is 29.6. The number of carbonyl (C=O) groups excluding carboxylic acids is 6. The minimum absolute atomic E-state index is 0.0234. The maximum Gasteiger partial charge on any atom is 0.327 e. The first kappa shape index (κ1) is 80.6. The smallest absolute Gasteiger partial charge is 0.327 e. The highest BCUT2D eigenvalue weighted by Crippen LogP contribution is 2.42. The summed E-state index contributed by atoms with van der Waals surface area (Å²) in [4.78, 5) is 127. The van der Waals surface area contributed by atoms with E-state index in [4.69, 9.17) is 44.6 Å². The third-order valence-corrected chi connectivity index (χ3v) is 21.3. The number of guanidine groups is 1. The molecule has 102 heavy (non-hydrogen) atoms. The van der Waals surface area contributed by atoms with Crippen LogP contribution in [0.2, 0.25) is 0 Å². The Labute approximate surface area is 598 Å². The lowest BCUT2D eigenvalue weighted by molar-refractivity contribution is -0.143. The molecule has 3 aromatic carbocycles. The molecule has 0 radical (unpaired) electrons. The van der Waals surface area contributed by atoms with Crippen LogP contribution in [0.25, 0.3) is 0 Å². The summed E-state index contributed by atoms with van der Waals surface area (Å²) < 4.78 is 76.9. The van der Waals surface area contributed by atoms with Crippen LogP contribution in [0.1, 0.15) is 110 Å². The fourth-order valence-electron chi connectivity index (χ4n) is 11.9. The van der Waals surface area contributed by atoms with Crippen LogP contribution < -0.4 is 67.2 Å². The summed E-state index contributed by atoms with van der Waals surface area (Å²) in [6, 6.07) is 4.25. The Morgan fingerprint density at radius 3 is 1.85 bits per heavy atom. The molecule has 0 aliphatic carbocycles. The average molecular weight is 1490 g/mol. The molecule has 4 aliphatic rings. The summed E-state index contributed by atoms with van der Waals surface area (Å²) in [5.41, 5.74) is 13.9. The van der Waals surface area contributed by atoms with Crippen molar-refractivity contribution in [2.45, 2.75) is 138 Å². The number of methoxy groups -OCH3 is 3. The van der Waals surface area contributed by atoms with Crippen LogP contribution in [0.15, 0.2) is 47.5 Å². The SMILES string of the molecule is CCC(=O)N[C@H](CC(=O)O)C(=O)N[C@H](CCCN=C(N)N)C(=O)N[C@H](CC(=O)O)C(=O)N[C@H](CSSC(C)(C)CN(CCOCCOCCOC)c1cc(COc2cc3c(cc2OC)C(=O)N2CCC[C@H]2CN3)cc(COc2cc3c(cc2OC)C(=O)N2CCC[C@H]2C(S(=O)(=O)O)N3)c1)C(=O)O. The Morgan fingerprint density at radius 1 is 0.716 bits per heavy atom. The number of aliphatic imine (C=N–C) groups is 1. The van der Waals surface area contributed by atoms with Crippen molar-refractivity contribution >= 4 is 108 Å². The summed E-state index contributed by atoms with van der Waals surface area (Å²) in [6.45, 7) is 8.28. The Morgan fingerprint density at radius 2 is 1.26 bits per heavy atom. The molecule has 562 valence electrons. The predicted octanol–water partition coefficient (Wildman–Crippen LogP) is 2.22.